The van der Waals surface area contributed by atoms with Gasteiger partial charge < -0.3 is 9.84 Å². The molecule has 0 spiro atoms. The average molecular weight is 505 g/mol. The summed E-state index contributed by atoms with van der Waals surface area (Å²) >= 11 is 6.36. The summed E-state index contributed by atoms with van der Waals surface area (Å²) in [5.74, 6) is -0.987. The molecule has 192 valence electrons. The number of benzene rings is 2. The average Bonchev–Trinajstić information content (AvgIpc) is 2.88. The Bertz CT molecular complexity index is 1220. The Balaban J connectivity index is 2.12. The Labute approximate surface area is 221 Å². The van der Waals surface area contributed by atoms with Gasteiger partial charge in [-0.1, -0.05) is 35.8 Å². The number of hydrogen-bond acceptors (Lipinski definition) is 4. The summed E-state index contributed by atoms with van der Waals surface area (Å²) in [6, 6.07) is 1.72. The fraction of sp³-hybridized carbons (Fsp3) is 0.552. The maximum atomic E-state index is 11.2. The summed E-state index contributed by atoms with van der Waals surface area (Å²) in [5.41, 5.74) is 4.70. The molecule has 1 saturated heterocycles. The predicted molar refractivity (Wildman–Crippen MR) is 144 cm³/mol. The van der Waals surface area contributed by atoms with Crippen LogP contribution in [0.15, 0.2) is 30.2 Å². The largest absolute Gasteiger partial charge is 0.479 e. The van der Waals surface area contributed by atoms with Crippen molar-refractivity contribution >= 4 is 17.6 Å². The molecule has 0 radical (unpaired) electrons. The van der Waals surface area contributed by atoms with E-state index in [1.54, 1.807) is 6.92 Å². The van der Waals surface area contributed by atoms with Crippen molar-refractivity contribution in [2.45, 2.75) is 85.7 Å². The van der Waals surface area contributed by atoms with Crippen LogP contribution in [-0.2, 0) is 9.53 Å². The highest BCUT2D eigenvalue weighted by molar-refractivity contribution is 6.31. The molecule has 0 saturated carbocycles. The standard InChI is InChI=1S/C29H41ClN2O3/c1-17-9-11-26(23(7)22(17)6)28(25-10-12-27(30)18(2)13-25)32-19(3)14-31(15-20(32)4)21(5)16-35-24(8)29(33)34/h9-13,19-21,24,28H,14-16H2,1-8H3,(H,33,34)/i9D,10D,12D,13D. The number of carboxylic acid groups (broad SMARTS) is 1. The van der Waals surface area contributed by atoms with Gasteiger partial charge in [-0.3, -0.25) is 9.80 Å². The van der Waals surface area contributed by atoms with Crippen molar-refractivity contribution in [2.24, 2.45) is 0 Å². The molecule has 1 aliphatic heterocycles. The molecular weight excluding hydrogens is 460 g/mol. The lowest BCUT2D eigenvalue weighted by atomic mass is 9.87. The number of piperazine rings is 1. The summed E-state index contributed by atoms with van der Waals surface area (Å²) in [6.07, 6.45) is -0.877. The van der Waals surface area contributed by atoms with E-state index in [9.17, 15) is 9.90 Å². The number of aliphatic carboxylic acids is 1. The first kappa shape index (κ1) is 22.3. The number of carbonyl (C=O) groups is 1. The summed E-state index contributed by atoms with van der Waals surface area (Å²) in [4.78, 5) is 15.8. The number of halogens is 1. The van der Waals surface area contributed by atoms with E-state index in [0.29, 0.717) is 36.9 Å². The molecule has 5 nitrogen and oxygen atoms in total. The van der Waals surface area contributed by atoms with Crippen molar-refractivity contribution in [3.63, 3.8) is 0 Å². The molecule has 2 aromatic rings. The third-order valence-electron chi connectivity index (χ3n) is 7.40. The third kappa shape index (κ3) is 6.08. The SMILES string of the molecule is [2H]c1cc(C(c2c([2H])c([2H])c(Cl)c(C)c2[2H])N2C(C)CN(C(C)COC(C)C(=O)O)CC2C)c(C)c(C)c1C. The molecule has 0 aliphatic carbocycles. The molecule has 1 aliphatic rings. The number of ether oxygens (including phenoxy) is 1. The number of hydrogen-bond donors (Lipinski definition) is 1. The summed E-state index contributed by atoms with van der Waals surface area (Å²) in [7, 11) is 0. The van der Waals surface area contributed by atoms with Crippen molar-refractivity contribution in [1.29, 1.82) is 0 Å². The normalized spacial score (nSPS) is 23.7. The minimum atomic E-state index is -0.987. The Morgan fingerprint density at radius 2 is 1.74 bits per heavy atom. The fourth-order valence-electron chi connectivity index (χ4n) is 5.00. The molecule has 5 atom stereocenters. The van der Waals surface area contributed by atoms with Gasteiger partial charge in [0.1, 0.15) is 0 Å². The van der Waals surface area contributed by atoms with Crippen LogP contribution < -0.4 is 0 Å². The van der Waals surface area contributed by atoms with Crippen molar-refractivity contribution in [3.05, 3.63) is 68.6 Å². The van der Waals surface area contributed by atoms with Gasteiger partial charge in [-0.2, -0.15) is 0 Å². The van der Waals surface area contributed by atoms with Crippen LogP contribution in [-0.4, -0.2) is 64.8 Å². The van der Waals surface area contributed by atoms with E-state index in [2.05, 4.69) is 23.6 Å². The van der Waals surface area contributed by atoms with Crippen LogP contribution in [0.4, 0.5) is 0 Å². The smallest absolute Gasteiger partial charge is 0.332 e. The number of rotatable bonds is 8. The maximum Gasteiger partial charge on any atom is 0.332 e. The first-order valence-corrected chi connectivity index (χ1v) is 12.7. The van der Waals surface area contributed by atoms with Crippen LogP contribution in [0.1, 0.15) is 72.6 Å². The maximum absolute atomic E-state index is 11.2. The second kappa shape index (κ2) is 11.4. The lowest BCUT2D eigenvalue weighted by molar-refractivity contribution is -0.150. The molecule has 2 aromatic carbocycles. The van der Waals surface area contributed by atoms with Crippen LogP contribution in [0, 0.1) is 27.7 Å². The predicted octanol–water partition coefficient (Wildman–Crippen LogP) is 5.94. The molecule has 1 heterocycles. The lowest BCUT2D eigenvalue weighted by Crippen LogP contribution is -2.60. The lowest BCUT2D eigenvalue weighted by Gasteiger charge is -2.50. The van der Waals surface area contributed by atoms with Crippen LogP contribution in [0.3, 0.4) is 0 Å². The van der Waals surface area contributed by atoms with E-state index in [-0.39, 0.29) is 41.3 Å². The van der Waals surface area contributed by atoms with Gasteiger partial charge in [0, 0.05) is 36.2 Å². The Kier molecular flexibility index (Phi) is 7.28. The van der Waals surface area contributed by atoms with Crippen LogP contribution in [0.5, 0.6) is 0 Å². The molecule has 1 fully saturated rings. The second-order valence-corrected chi connectivity index (χ2v) is 10.4. The van der Waals surface area contributed by atoms with Gasteiger partial charge in [0.05, 0.1) is 18.1 Å². The fourth-order valence-corrected chi connectivity index (χ4v) is 5.09. The zero-order valence-electron chi connectivity index (χ0n) is 26.1. The third-order valence-corrected chi connectivity index (χ3v) is 7.78. The van der Waals surface area contributed by atoms with Crippen LogP contribution in [0.2, 0.25) is 5.02 Å². The monoisotopic (exact) mass is 504 g/mol. The number of nitrogens with zero attached hydrogens (tertiary/aromatic N) is 2. The van der Waals surface area contributed by atoms with Crippen LogP contribution >= 0.6 is 11.6 Å². The van der Waals surface area contributed by atoms with Gasteiger partial charge in [-0.05, 0) is 94.8 Å². The van der Waals surface area contributed by atoms with E-state index in [0.717, 1.165) is 22.3 Å². The van der Waals surface area contributed by atoms with Crippen molar-refractivity contribution in [3.8, 4) is 0 Å². The molecule has 1 N–H and O–H groups in total. The highest BCUT2D eigenvalue weighted by atomic mass is 35.5. The Morgan fingerprint density at radius 3 is 2.34 bits per heavy atom. The van der Waals surface area contributed by atoms with Gasteiger partial charge in [0.2, 0.25) is 0 Å². The van der Waals surface area contributed by atoms with E-state index in [4.69, 9.17) is 21.8 Å². The summed E-state index contributed by atoms with van der Waals surface area (Å²) in [5, 5.41) is 9.30. The molecule has 0 amide bonds. The minimum absolute atomic E-state index is 0.00315. The highest BCUT2D eigenvalue weighted by Crippen LogP contribution is 2.38. The zero-order valence-corrected chi connectivity index (χ0v) is 22.9. The van der Waals surface area contributed by atoms with Crippen molar-refractivity contribution in [1.82, 2.24) is 9.80 Å². The van der Waals surface area contributed by atoms with Crippen molar-refractivity contribution < 1.29 is 20.1 Å². The van der Waals surface area contributed by atoms with Gasteiger partial charge >= 0.3 is 5.97 Å². The first-order chi connectivity index (χ1) is 18.1. The zero-order chi connectivity index (χ0) is 29.5. The second-order valence-electron chi connectivity index (χ2n) is 10.0. The van der Waals surface area contributed by atoms with Crippen LogP contribution in [0.25, 0.3) is 0 Å². The van der Waals surface area contributed by atoms with Gasteiger partial charge in [0.15, 0.2) is 6.10 Å². The summed E-state index contributed by atoms with van der Waals surface area (Å²) < 4.78 is 40.7. The number of carboxylic acids is 1. The quantitative estimate of drug-likeness (QED) is 0.482. The molecular formula is C29H41ClN2O3. The van der Waals surface area contributed by atoms with E-state index in [1.165, 1.54) is 6.92 Å². The van der Waals surface area contributed by atoms with E-state index in [1.807, 2.05) is 33.8 Å². The highest BCUT2D eigenvalue weighted by Gasteiger charge is 2.38. The summed E-state index contributed by atoms with van der Waals surface area (Å²) in [6.45, 7) is 17.1. The molecule has 0 aromatic heterocycles. The topological polar surface area (TPSA) is 53.0 Å². The van der Waals surface area contributed by atoms with E-state index >= 15 is 0 Å². The van der Waals surface area contributed by atoms with Gasteiger partial charge in [-0.15, -0.1) is 0 Å². The minimum Gasteiger partial charge on any atom is -0.479 e. The first-order valence-electron chi connectivity index (χ1n) is 14.3. The molecule has 35 heavy (non-hydrogen) atoms. The van der Waals surface area contributed by atoms with Gasteiger partial charge in [-0.25, -0.2) is 4.79 Å². The molecule has 3 rings (SSSR count). The Morgan fingerprint density at radius 1 is 1.11 bits per heavy atom. The Hall–Kier alpha value is -1.92. The van der Waals surface area contributed by atoms with Gasteiger partial charge in [0.25, 0.3) is 0 Å². The molecule has 0 bridgehead atoms. The molecule has 5 unspecified atom stereocenters. The molecule has 6 heteroatoms. The van der Waals surface area contributed by atoms with E-state index < -0.39 is 18.1 Å². The van der Waals surface area contributed by atoms with Crippen molar-refractivity contribution in [2.75, 3.05) is 19.7 Å².